The molecule has 0 saturated carbocycles. The molecule has 0 aliphatic rings. The van der Waals surface area contributed by atoms with Crippen molar-refractivity contribution in [1.29, 1.82) is 0 Å². The Bertz CT molecular complexity index is 1640. The number of fused-ring (bicyclic) bond motifs is 1. The van der Waals surface area contributed by atoms with Gasteiger partial charge in [-0.05, 0) is 60.0 Å². The van der Waals surface area contributed by atoms with Crippen LogP contribution in [0.2, 0.25) is 5.15 Å². The van der Waals surface area contributed by atoms with Crippen molar-refractivity contribution < 1.29 is 14.3 Å². The molecule has 2 aromatic carbocycles. The lowest BCUT2D eigenvalue weighted by Gasteiger charge is -2.27. The molecule has 5 rings (SSSR count). The minimum atomic E-state index is 0.0102. The lowest BCUT2D eigenvalue weighted by atomic mass is 9.99. The number of benzene rings is 2. The fraction of sp³-hybridized carbons (Fsp3) is 0.212. The van der Waals surface area contributed by atoms with Crippen LogP contribution in [0.4, 0.5) is 5.82 Å². The van der Waals surface area contributed by atoms with E-state index in [2.05, 4.69) is 45.2 Å². The molecular weight excluding hydrogens is 536 g/mol. The van der Waals surface area contributed by atoms with Crippen LogP contribution in [0.15, 0.2) is 79.1 Å². The van der Waals surface area contributed by atoms with Gasteiger partial charge in [-0.15, -0.1) is 0 Å². The van der Waals surface area contributed by atoms with Gasteiger partial charge in [0.05, 0.1) is 19.7 Å². The Morgan fingerprint density at radius 2 is 1.44 bits per heavy atom. The highest BCUT2D eigenvalue weighted by atomic mass is 35.5. The van der Waals surface area contributed by atoms with Crippen LogP contribution in [0.5, 0.6) is 11.5 Å². The molecule has 0 radical (unpaired) electrons. The van der Waals surface area contributed by atoms with E-state index < -0.39 is 0 Å². The second-order valence-corrected chi connectivity index (χ2v) is 10.2. The number of ether oxygens (including phenoxy) is 2. The molecule has 0 amide bonds. The van der Waals surface area contributed by atoms with Crippen molar-refractivity contribution in [1.82, 2.24) is 15.0 Å². The summed E-state index contributed by atoms with van der Waals surface area (Å²) in [4.78, 5) is 28.6. The number of anilines is 1. The van der Waals surface area contributed by atoms with Gasteiger partial charge in [-0.1, -0.05) is 42.8 Å². The van der Waals surface area contributed by atoms with Crippen LogP contribution < -0.4 is 14.4 Å². The first-order valence-corrected chi connectivity index (χ1v) is 13.7. The van der Waals surface area contributed by atoms with Gasteiger partial charge in [-0.3, -0.25) is 9.78 Å². The van der Waals surface area contributed by atoms with Gasteiger partial charge in [-0.2, -0.15) is 0 Å². The standard InChI is InChI=1S/C33H31ClN4O3/c1-5-31(39)30-14-21(2)28(18-35-30)27-15-24-17-36-32(34)16-29(24)37-33(27)38(19-22-6-10-25(40-3)11-7-22)20-23-8-12-26(41-4)13-9-23/h6-18H,5,19-20H2,1-4H3. The van der Waals surface area contributed by atoms with Crippen LogP contribution in [-0.4, -0.2) is 35.0 Å². The van der Waals surface area contributed by atoms with Crippen LogP contribution in [0.3, 0.4) is 0 Å². The first-order valence-electron chi connectivity index (χ1n) is 13.4. The van der Waals surface area contributed by atoms with Crippen LogP contribution in [0, 0.1) is 6.92 Å². The van der Waals surface area contributed by atoms with Gasteiger partial charge in [0.15, 0.2) is 5.78 Å². The van der Waals surface area contributed by atoms with E-state index in [4.69, 9.17) is 26.1 Å². The molecular formula is C33H31ClN4O3. The number of hydrogen-bond donors (Lipinski definition) is 0. The van der Waals surface area contributed by atoms with Gasteiger partial charge in [0, 0.05) is 54.5 Å². The number of pyridine rings is 3. The predicted octanol–water partition coefficient (Wildman–Crippen LogP) is 7.47. The number of carbonyl (C=O) groups excluding carboxylic acids is 1. The molecule has 0 fully saturated rings. The third-order valence-corrected chi connectivity index (χ3v) is 7.22. The quantitative estimate of drug-likeness (QED) is 0.128. The summed E-state index contributed by atoms with van der Waals surface area (Å²) in [5.41, 5.74) is 6.12. The Hall–Kier alpha value is -4.49. The monoisotopic (exact) mass is 566 g/mol. The van der Waals surface area contributed by atoms with Crippen molar-refractivity contribution in [2.24, 2.45) is 0 Å². The molecule has 7 nitrogen and oxygen atoms in total. The Morgan fingerprint density at radius 3 is 1.98 bits per heavy atom. The van der Waals surface area contributed by atoms with Crippen LogP contribution in [0.1, 0.15) is 40.5 Å². The molecule has 8 heteroatoms. The van der Waals surface area contributed by atoms with Crippen LogP contribution in [0.25, 0.3) is 22.0 Å². The van der Waals surface area contributed by atoms with Crippen molar-refractivity contribution in [3.63, 3.8) is 0 Å². The molecule has 0 unspecified atom stereocenters. The van der Waals surface area contributed by atoms with E-state index in [1.807, 2.05) is 44.2 Å². The normalized spacial score (nSPS) is 11.0. The average molecular weight is 567 g/mol. The molecule has 0 saturated heterocycles. The maximum absolute atomic E-state index is 12.4. The second-order valence-electron chi connectivity index (χ2n) is 9.77. The third kappa shape index (κ3) is 6.31. The van der Waals surface area contributed by atoms with Gasteiger partial charge in [0.25, 0.3) is 0 Å². The van der Waals surface area contributed by atoms with Crippen molar-refractivity contribution in [2.45, 2.75) is 33.4 Å². The summed E-state index contributed by atoms with van der Waals surface area (Å²) in [6.45, 7) is 5.00. The first-order chi connectivity index (χ1) is 19.9. The number of aromatic nitrogens is 3. The van der Waals surface area contributed by atoms with Crippen LogP contribution in [-0.2, 0) is 13.1 Å². The molecule has 0 bridgehead atoms. The van der Waals surface area contributed by atoms with Crippen molar-refractivity contribution in [2.75, 3.05) is 19.1 Å². The van der Waals surface area contributed by atoms with Crippen molar-refractivity contribution >= 4 is 34.1 Å². The SMILES string of the molecule is CCC(=O)c1cc(C)c(-c2cc3cnc(Cl)cc3nc2N(Cc2ccc(OC)cc2)Cc2ccc(OC)cc2)cn1. The third-order valence-electron chi connectivity index (χ3n) is 7.02. The smallest absolute Gasteiger partial charge is 0.180 e. The summed E-state index contributed by atoms with van der Waals surface area (Å²) in [6.07, 6.45) is 3.90. The fourth-order valence-corrected chi connectivity index (χ4v) is 4.90. The number of hydrogen-bond acceptors (Lipinski definition) is 7. The average Bonchev–Trinajstić information content (AvgIpc) is 3.00. The van der Waals surface area contributed by atoms with Gasteiger partial charge in [-0.25, -0.2) is 9.97 Å². The Labute approximate surface area is 244 Å². The number of nitrogens with zero attached hydrogens (tertiary/aromatic N) is 4. The summed E-state index contributed by atoms with van der Waals surface area (Å²) in [7, 11) is 3.32. The minimum absolute atomic E-state index is 0.0102. The molecule has 0 aliphatic heterocycles. The Balaban J connectivity index is 1.68. The van der Waals surface area contributed by atoms with Gasteiger partial charge >= 0.3 is 0 Å². The molecule has 208 valence electrons. The second kappa shape index (κ2) is 12.4. The molecule has 0 N–H and O–H groups in total. The van der Waals surface area contributed by atoms with Crippen molar-refractivity contribution in [3.05, 3.63) is 107 Å². The van der Waals surface area contributed by atoms with E-state index in [-0.39, 0.29) is 5.78 Å². The Kier molecular flexibility index (Phi) is 8.45. The highest BCUT2D eigenvalue weighted by molar-refractivity contribution is 6.30. The minimum Gasteiger partial charge on any atom is -0.497 e. The summed E-state index contributed by atoms with van der Waals surface area (Å²) in [5.74, 6) is 2.37. The summed E-state index contributed by atoms with van der Waals surface area (Å²) in [6, 6.07) is 21.7. The molecule has 0 spiro atoms. The van der Waals surface area contributed by atoms with E-state index in [1.165, 1.54) is 0 Å². The summed E-state index contributed by atoms with van der Waals surface area (Å²) < 4.78 is 10.7. The number of aryl methyl sites for hydroxylation is 1. The highest BCUT2D eigenvalue weighted by Crippen LogP contribution is 2.36. The van der Waals surface area contributed by atoms with Gasteiger partial charge in [0.2, 0.25) is 0 Å². The highest BCUT2D eigenvalue weighted by Gasteiger charge is 2.20. The van der Waals surface area contributed by atoms with E-state index in [1.54, 1.807) is 32.7 Å². The zero-order valence-corrected chi connectivity index (χ0v) is 24.3. The molecule has 5 aromatic rings. The number of ketones is 1. The maximum atomic E-state index is 12.4. The molecule has 0 atom stereocenters. The zero-order valence-electron chi connectivity index (χ0n) is 23.5. The van der Waals surface area contributed by atoms with Crippen molar-refractivity contribution in [3.8, 4) is 22.6 Å². The lowest BCUT2D eigenvalue weighted by molar-refractivity contribution is 0.0983. The Morgan fingerprint density at radius 1 is 0.829 bits per heavy atom. The maximum Gasteiger partial charge on any atom is 0.180 e. The van der Waals surface area contributed by atoms with Crippen LogP contribution >= 0.6 is 11.6 Å². The first kappa shape index (κ1) is 28.1. The van der Waals surface area contributed by atoms with E-state index in [0.29, 0.717) is 30.4 Å². The number of carbonyl (C=O) groups is 1. The lowest BCUT2D eigenvalue weighted by Crippen LogP contribution is -2.24. The summed E-state index contributed by atoms with van der Waals surface area (Å²) in [5, 5.41) is 1.23. The van der Waals surface area contributed by atoms with E-state index >= 15 is 0 Å². The number of halogens is 1. The van der Waals surface area contributed by atoms with Gasteiger partial charge < -0.3 is 14.4 Å². The predicted molar refractivity (Wildman–Crippen MR) is 163 cm³/mol. The number of Topliss-reactive ketones (excluding diaryl/α,β-unsaturated/α-hetero) is 1. The van der Waals surface area contributed by atoms with E-state index in [0.717, 1.165) is 56.0 Å². The number of methoxy groups -OCH3 is 2. The topological polar surface area (TPSA) is 77.4 Å². The fourth-order valence-electron chi connectivity index (χ4n) is 4.75. The molecule has 41 heavy (non-hydrogen) atoms. The van der Waals surface area contributed by atoms with E-state index in [9.17, 15) is 4.79 Å². The van der Waals surface area contributed by atoms with Gasteiger partial charge in [0.1, 0.15) is 28.2 Å². The number of rotatable bonds is 10. The molecule has 3 heterocycles. The summed E-state index contributed by atoms with van der Waals surface area (Å²) >= 11 is 6.28. The largest absolute Gasteiger partial charge is 0.497 e. The zero-order chi connectivity index (χ0) is 28.9. The molecule has 0 aliphatic carbocycles. The molecule has 3 aromatic heterocycles.